The van der Waals surface area contributed by atoms with Crippen molar-refractivity contribution >= 4 is 22.5 Å². The first-order valence-electron chi connectivity index (χ1n) is 8.46. The summed E-state index contributed by atoms with van der Waals surface area (Å²) >= 11 is 0. The Morgan fingerprint density at radius 3 is 2.69 bits per heavy atom. The Morgan fingerprint density at radius 1 is 1.19 bits per heavy atom. The summed E-state index contributed by atoms with van der Waals surface area (Å²) < 4.78 is 7.21. The molecule has 0 spiro atoms. The number of hydrogen-bond donors (Lipinski definition) is 1. The molecule has 3 rings (SSSR count). The lowest BCUT2D eigenvalue weighted by molar-refractivity contribution is -0.120. The minimum atomic E-state index is -0.516. The molecule has 6 nitrogen and oxygen atoms in total. The molecule has 26 heavy (non-hydrogen) atoms. The van der Waals surface area contributed by atoms with Crippen LogP contribution in [0.1, 0.15) is 18.1 Å². The van der Waals surface area contributed by atoms with Crippen LogP contribution in [0.25, 0.3) is 10.9 Å². The standard InChI is InChI=1S/C20H21N3O3/c1-4-23-16-10-9-13(2)11-15(16)19(20(23)25)22-21-18(24)12-26-17-8-6-5-7-14(17)3/h5-11,25H,4,12H2,1-3H3. The maximum absolute atomic E-state index is 12.0. The molecule has 0 unspecified atom stereocenters. The number of aryl methyl sites for hydroxylation is 3. The Morgan fingerprint density at radius 2 is 1.96 bits per heavy atom. The van der Waals surface area contributed by atoms with Crippen molar-refractivity contribution in [2.75, 3.05) is 6.61 Å². The Balaban J connectivity index is 1.82. The third-order valence-corrected chi connectivity index (χ3v) is 4.19. The average molecular weight is 351 g/mol. The molecule has 134 valence electrons. The van der Waals surface area contributed by atoms with Crippen LogP contribution in [0.5, 0.6) is 11.6 Å². The minimum Gasteiger partial charge on any atom is -0.493 e. The fraction of sp³-hybridized carbons (Fsp3) is 0.250. The zero-order chi connectivity index (χ0) is 18.7. The first-order chi connectivity index (χ1) is 12.5. The van der Waals surface area contributed by atoms with Crippen LogP contribution < -0.4 is 4.74 Å². The summed E-state index contributed by atoms with van der Waals surface area (Å²) in [6.45, 7) is 6.18. The van der Waals surface area contributed by atoms with Crippen LogP contribution in [-0.4, -0.2) is 22.2 Å². The summed E-state index contributed by atoms with van der Waals surface area (Å²) in [4.78, 5) is 12.0. The first kappa shape index (κ1) is 17.7. The molecule has 0 aliphatic heterocycles. The molecule has 1 heterocycles. The normalized spacial score (nSPS) is 11.3. The molecule has 2 aromatic carbocycles. The van der Waals surface area contributed by atoms with Gasteiger partial charge in [-0.2, -0.15) is 0 Å². The van der Waals surface area contributed by atoms with E-state index in [1.165, 1.54) is 0 Å². The van der Waals surface area contributed by atoms with Gasteiger partial charge in [-0.3, -0.25) is 4.79 Å². The van der Waals surface area contributed by atoms with Gasteiger partial charge in [-0.25, -0.2) is 0 Å². The first-order valence-corrected chi connectivity index (χ1v) is 8.46. The number of azo groups is 1. The van der Waals surface area contributed by atoms with E-state index in [4.69, 9.17) is 4.74 Å². The van der Waals surface area contributed by atoms with Crippen LogP contribution >= 0.6 is 0 Å². The summed E-state index contributed by atoms with van der Waals surface area (Å²) in [6, 6.07) is 13.3. The third-order valence-electron chi connectivity index (χ3n) is 4.19. The van der Waals surface area contributed by atoms with Gasteiger partial charge in [0.2, 0.25) is 5.88 Å². The number of para-hydroxylation sites is 1. The lowest BCUT2D eigenvalue weighted by Gasteiger charge is -2.05. The van der Waals surface area contributed by atoms with Crippen molar-refractivity contribution in [3.63, 3.8) is 0 Å². The smallest absolute Gasteiger partial charge is 0.302 e. The van der Waals surface area contributed by atoms with Crippen molar-refractivity contribution in [1.82, 2.24) is 4.57 Å². The van der Waals surface area contributed by atoms with Gasteiger partial charge in [-0.15, -0.1) is 10.2 Å². The van der Waals surface area contributed by atoms with Crippen LogP contribution in [0.4, 0.5) is 5.69 Å². The van der Waals surface area contributed by atoms with E-state index in [0.29, 0.717) is 18.0 Å². The Kier molecular flexibility index (Phi) is 5.02. The second kappa shape index (κ2) is 7.39. The molecule has 0 saturated heterocycles. The van der Waals surface area contributed by atoms with E-state index in [0.717, 1.165) is 22.0 Å². The summed E-state index contributed by atoms with van der Waals surface area (Å²) in [7, 11) is 0. The number of carbonyl (C=O) groups excluding carboxylic acids is 1. The minimum absolute atomic E-state index is 0.00414. The van der Waals surface area contributed by atoms with E-state index in [9.17, 15) is 9.90 Å². The van der Waals surface area contributed by atoms with Gasteiger partial charge in [-0.1, -0.05) is 29.8 Å². The molecular weight excluding hydrogens is 330 g/mol. The maximum Gasteiger partial charge on any atom is 0.302 e. The van der Waals surface area contributed by atoms with Crippen LogP contribution in [0.2, 0.25) is 0 Å². The van der Waals surface area contributed by atoms with Crippen molar-refractivity contribution in [3.05, 3.63) is 53.6 Å². The Hall–Kier alpha value is -3.15. The molecule has 1 aromatic heterocycles. The lowest BCUT2D eigenvalue weighted by Crippen LogP contribution is -2.08. The summed E-state index contributed by atoms with van der Waals surface area (Å²) in [6.07, 6.45) is 0. The number of carbonyl (C=O) groups is 1. The molecule has 3 aromatic rings. The topological polar surface area (TPSA) is 76.2 Å². The van der Waals surface area contributed by atoms with Crippen molar-refractivity contribution < 1.29 is 14.6 Å². The van der Waals surface area contributed by atoms with Crippen molar-refractivity contribution in [1.29, 1.82) is 0 Å². The van der Waals surface area contributed by atoms with Gasteiger partial charge in [0, 0.05) is 11.9 Å². The van der Waals surface area contributed by atoms with Crippen LogP contribution in [-0.2, 0) is 11.3 Å². The number of fused-ring (bicyclic) bond motifs is 1. The van der Waals surface area contributed by atoms with Crippen molar-refractivity contribution in [2.24, 2.45) is 10.2 Å². The summed E-state index contributed by atoms with van der Waals surface area (Å²) in [5.74, 6) is 0.124. The number of benzene rings is 2. The monoisotopic (exact) mass is 351 g/mol. The number of ether oxygens (including phenoxy) is 1. The Labute approximate surface area is 151 Å². The second-order valence-electron chi connectivity index (χ2n) is 6.08. The number of aromatic nitrogens is 1. The van der Waals surface area contributed by atoms with Gasteiger partial charge in [0.25, 0.3) is 0 Å². The van der Waals surface area contributed by atoms with E-state index in [1.54, 1.807) is 10.6 Å². The zero-order valence-electron chi connectivity index (χ0n) is 15.1. The van der Waals surface area contributed by atoms with Crippen molar-refractivity contribution in [3.8, 4) is 11.6 Å². The highest BCUT2D eigenvalue weighted by Gasteiger charge is 2.16. The van der Waals surface area contributed by atoms with Gasteiger partial charge in [0.15, 0.2) is 12.3 Å². The third kappa shape index (κ3) is 3.44. The predicted molar refractivity (Wildman–Crippen MR) is 100 cm³/mol. The molecule has 0 atom stereocenters. The molecule has 0 aliphatic rings. The quantitative estimate of drug-likeness (QED) is 0.679. The van der Waals surface area contributed by atoms with E-state index >= 15 is 0 Å². The van der Waals surface area contributed by atoms with Gasteiger partial charge in [-0.05, 0) is 44.5 Å². The van der Waals surface area contributed by atoms with Gasteiger partial charge >= 0.3 is 5.91 Å². The molecule has 0 radical (unpaired) electrons. The molecule has 0 fully saturated rings. The number of amides is 1. The fourth-order valence-electron chi connectivity index (χ4n) is 2.85. The number of nitrogens with zero attached hydrogens (tertiary/aromatic N) is 3. The second-order valence-corrected chi connectivity index (χ2v) is 6.08. The highest BCUT2D eigenvalue weighted by atomic mass is 16.5. The Bertz CT molecular complexity index is 989. The van der Waals surface area contributed by atoms with E-state index < -0.39 is 5.91 Å². The molecule has 1 amide bonds. The van der Waals surface area contributed by atoms with Gasteiger partial charge < -0.3 is 14.4 Å². The maximum atomic E-state index is 12.0. The highest BCUT2D eigenvalue weighted by molar-refractivity contribution is 5.95. The average Bonchev–Trinajstić information content (AvgIpc) is 2.89. The van der Waals surface area contributed by atoms with Gasteiger partial charge in [0.05, 0.1) is 5.52 Å². The van der Waals surface area contributed by atoms with Crippen LogP contribution in [0, 0.1) is 13.8 Å². The van der Waals surface area contributed by atoms with Crippen LogP contribution in [0.15, 0.2) is 52.7 Å². The van der Waals surface area contributed by atoms with E-state index in [1.807, 2.05) is 57.2 Å². The number of rotatable bonds is 5. The van der Waals surface area contributed by atoms with E-state index in [2.05, 4.69) is 10.2 Å². The molecule has 1 N–H and O–H groups in total. The largest absolute Gasteiger partial charge is 0.493 e. The summed E-state index contributed by atoms with van der Waals surface area (Å²) in [5, 5.41) is 18.9. The predicted octanol–water partition coefficient (Wildman–Crippen LogP) is 4.67. The van der Waals surface area contributed by atoms with Gasteiger partial charge in [0.1, 0.15) is 5.75 Å². The molecule has 0 bridgehead atoms. The fourth-order valence-corrected chi connectivity index (χ4v) is 2.85. The van der Waals surface area contributed by atoms with Crippen molar-refractivity contribution in [2.45, 2.75) is 27.3 Å². The molecule has 0 saturated carbocycles. The SMILES string of the molecule is CCn1c(O)c(N=NC(=O)COc2ccccc2C)c2cc(C)ccc21. The molecule has 0 aliphatic carbocycles. The number of aromatic hydroxyl groups is 1. The number of hydrogen-bond acceptors (Lipinski definition) is 4. The van der Waals surface area contributed by atoms with E-state index in [-0.39, 0.29) is 12.5 Å². The molecular formula is C20H21N3O3. The lowest BCUT2D eigenvalue weighted by atomic mass is 10.1. The molecule has 6 heteroatoms. The zero-order valence-corrected chi connectivity index (χ0v) is 15.1. The highest BCUT2D eigenvalue weighted by Crippen LogP contribution is 2.39. The van der Waals surface area contributed by atoms with Crippen LogP contribution in [0.3, 0.4) is 0 Å². The summed E-state index contributed by atoms with van der Waals surface area (Å²) in [5.41, 5.74) is 3.13.